The molecule has 1 saturated heterocycles. The Balaban J connectivity index is 1.91. The summed E-state index contributed by atoms with van der Waals surface area (Å²) in [6.07, 6.45) is 5.21. The van der Waals surface area contributed by atoms with Gasteiger partial charge < -0.3 is 10.0 Å². The Morgan fingerprint density at radius 2 is 2.16 bits per heavy atom. The summed E-state index contributed by atoms with van der Waals surface area (Å²) in [5.74, 6) is 1.69. The zero-order valence-electron chi connectivity index (χ0n) is 11.1. The minimum atomic E-state index is 0.293. The van der Waals surface area contributed by atoms with E-state index in [1.807, 2.05) is 6.20 Å². The second-order valence-electron chi connectivity index (χ2n) is 5.32. The van der Waals surface area contributed by atoms with E-state index in [2.05, 4.69) is 40.2 Å². The molecular weight excluding hydrogens is 236 g/mol. The number of rotatable bonds is 3. The molecule has 1 aromatic heterocycles. The van der Waals surface area contributed by atoms with Crippen molar-refractivity contribution in [2.75, 3.05) is 24.6 Å². The van der Waals surface area contributed by atoms with Crippen LogP contribution in [0.2, 0.25) is 0 Å². The number of fused-ring (bicyclic) bond motifs is 1. The van der Waals surface area contributed by atoms with E-state index in [-0.39, 0.29) is 0 Å². The minimum Gasteiger partial charge on any atom is -0.396 e. The largest absolute Gasteiger partial charge is 0.396 e. The van der Waals surface area contributed by atoms with Crippen molar-refractivity contribution in [1.29, 1.82) is 0 Å². The van der Waals surface area contributed by atoms with Gasteiger partial charge in [0, 0.05) is 31.3 Å². The third kappa shape index (κ3) is 2.56. The lowest BCUT2D eigenvalue weighted by Gasteiger charge is -2.34. The Morgan fingerprint density at radius 3 is 3.05 bits per heavy atom. The lowest BCUT2D eigenvalue weighted by atomic mass is 9.95. The Hall–Kier alpha value is -1.61. The van der Waals surface area contributed by atoms with E-state index < -0.39 is 0 Å². The molecule has 1 atom stereocenters. The van der Waals surface area contributed by atoms with Crippen molar-refractivity contribution in [2.45, 2.75) is 19.3 Å². The zero-order valence-corrected chi connectivity index (χ0v) is 11.1. The molecule has 0 saturated carbocycles. The van der Waals surface area contributed by atoms with Gasteiger partial charge in [0.15, 0.2) is 0 Å². The molecular formula is C16H20N2O. The van der Waals surface area contributed by atoms with Crippen LogP contribution in [-0.2, 0) is 0 Å². The molecule has 1 N–H and O–H groups in total. The van der Waals surface area contributed by atoms with Crippen LogP contribution in [0.4, 0.5) is 5.82 Å². The number of anilines is 1. The highest BCUT2D eigenvalue weighted by atomic mass is 16.3. The molecule has 0 amide bonds. The Bertz CT molecular complexity index is 548. The van der Waals surface area contributed by atoms with Gasteiger partial charge in [-0.25, -0.2) is 4.98 Å². The second kappa shape index (κ2) is 5.57. The van der Waals surface area contributed by atoms with Crippen LogP contribution < -0.4 is 4.90 Å². The summed E-state index contributed by atoms with van der Waals surface area (Å²) in [6, 6.07) is 10.5. The fourth-order valence-corrected chi connectivity index (χ4v) is 3.03. The summed E-state index contributed by atoms with van der Waals surface area (Å²) in [6.45, 7) is 2.38. The fourth-order valence-electron chi connectivity index (χ4n) is 3.03. The molecule has 1 aliphatic rings. The van der Waals surface area contributed by atoms with Crippen molar-refractivity contribution in [3.05, 3.63) is 36.5 Å². The number of aromatic nitrogens is 1. The van der Waals surface area contributed by atoms with Crippen LogP contribution in [-0.4, -0.2) is 29.8 Å². The number of aliphatic hydroxyl groups excluding tert-OH is 1. The molecule has 0 bridgehead atoms. The number of nitrogens with zero attached hydrogens (tertiary/aromatic N) is 2. The quantitative estimate of drug-likeness (QED) is 0.917. The van der Waals surface area contributed by atoms with Gasteiger partial charge in [-0.15, -0.1) is 0 Å². The van der Waals surface area contributed by atoms with Gasteiger partial charge in [-0.3, -0.25) is 0 Å². The van der Waals surface area contributed by atoms with E-state index >= 15 is 0 Å². The van der Waals surface area contributed by atoms with E-state index in [0.29, 0.717) is 12.5 Å². The van der Waals surface area contributed by atoms with Gasteiger partial charge in [-0.1, -0.05) is 24.3 Å². The molecule has 1 aromatic carbocycles. The normalized spacial score (nSPS) is 19.8. The summed E-state index contributed by atoms with van der Waals surface area (Å²) in [5, 5.41) is 11.6. The van der Waals surface area contributed by atoms with Gasteiger partial charge in [0.05, 0.1) is 0 Å². The van der Waals surface area contributed by atoms with Crippen molar-refractivity contribution in [2.24, 2.45) is 5.92 Å². The van der Waals surface area contributed by atoms with Gasteiger partial charge in [-0.05, 0) is 36.6 Å². The van der Waals surface area contributed by atoms with Crippen LogP contribution >= 0.6 is 0 Å². The van der Waals surface area contributed by atoms with Crippen LogP contribution in [0.1, 0.15) is 19.3 Å². The van der Waals surface area contributed by atoms with Crippen LogP contribution in [0.3, 0.4) is 0 Å². The highest BCUT2D eigenvalue weighted by Gasteiger charge is 2.21. The molecule has 0 spiro atoms. The first-order valence-electron chi connectivity index (χ1n) is 7.08. The molecule has 0 radical (unpaired) electrons. The molecule has 100 valence electrons. The summed E-state index contributed by atoms with van der Waals surface area (Å²) in [4.78, 5) is 6.97. The first-order chi connectivity index (χ1) is 9.38. The van der Waals surface area contributed by atoms with Crippen molar-refractivity contribution in [3.63, 3.8) is 0 Å². The highest BCUT2D eigenvalue weighted by molar-refractivity contribution is 5.92. The van der Waals surface area contributed by atoms with Gasteiger partial charge >= 0.3 is 0 Å². The predicted octanol–water partition coefficient (Wildman–Crippen LogP) is 2.83. The van der Waals surface area contributed by atoms with Crippen LogP contribution in [0, 0.1) is 5.92 Å². The number of hydrogen-bond donors (Lipinski definition) is 1. The average molecular weight is 256 g/mol. The Kier molecular flexibility index (Phi) is 3.65. The molecule has 1 fully saturated rings. The Morgan fingerprint density at radius 1 is 1.26 bits per heavy atom. The highest BCUT2D eigenvalue weighted by Crippen LogP contribution is 2.28. The maximum atomic E-state index is 9.11. The SMILES string of the molecule is OCCC1CCCN(c2nccc3ccccc23)C1. The third-order valence-electron chi connectivity index (χ3n) is 4.01. The molecule has 19 heavy (non-hydrogen) atoms. The molecule has 3 rings (SSSR count). The van der Waals surface area contributed by atoms with Crippen molar-refractivity contribution >= 4 is 16.6 Å². The third-order valence-corrected chi connectivity index (χ3v) is 4.01. The first kappa shape index (κ1) is 12.4. The van der Waals surface area contributed by atoms with Crippen LogP contribution in [0.25, 0.3) is 10.8 Å². The average Bonchev–Trinajstić information content (AvgIpc) is 2.47. The Labute approximate surface area is 113 Å². The lowest BCUT2D eigenvalue weighted by molar-refractivity contribution is 0.244. The van der Waals surface area contributed by atoms with Gasteiger partial charge in [0.25, 0.3) is 0 Å². The summed E-state index contributed by atoms with van der Waals surface area (Å²) < 4.78 is 0. The molecule has 1 unspecified atom stereocenters. The number of benzene rings is 1. The molecule has 2 aromatic rings. The monoisotopic (exact) mass is 256 g/mol. The number of hydrogen-bond acceptors (Lipinski definition) is 3. The minimum absolute atomic E-state index is 0.293. The summed E-state index contributed by atoms with van der Waals surface area (Å²) >= 11 is 0. The number of piperidine rings is 1. The van der Waals surface area contributed by atoms with Crippen molar-refractivity contribution < 1.29 is 5.11 Å². The smallest absolute Gasteiger partial charge is 0.136 e. The number of pyridine rings is 1. The van der Waals surface area contributed by atoms with Crippen molar-refractivity contribution in [1.82, 2.24) is 4.98 Å². The standard InChI is InChI=1S/C16H20N2O/c19-11-8-13-4-3-10-18(12-13)16-15-6-2-1-5-14(15)7-9-17-16/h1-2,5-7,9,13,19H,3-4,8,10-12H2. The van der Waals surface area contributed by atoms with Gasteiger partial charge in [0.2, 0.25) is 0 Å². The predicted molar refractivity (Wildman–Crippen MR) is 78.4 cm³/mol. The molecule has 1 aliphatic heterocycles. The van der Waals surface area contributed by atoms with Crippen LogP contribution in [0.5, 0.6) is 0 Å². The molecule has 3 nitrogen and oxygen atoms in total. The van der Waals surface area contributed by atoms with E-state index in [1.54, 1.807) is 0 Å². The summed E-state index contributed by atoms with van der Waals surface area (Å²) in [5.41, 5.74) is 0. The number of aliphatic hydroxyl groups is 1. The molecule has 2 heterocycles. The zero-order chi connectivity index (χ0) is 13.1. The van der Waals surface area contributed by atoms with E-state index in [4.69, 9.17) is 5.11 Å². The second-order valence-corrected chi connectivity index (χ2v) is 5.32. The van der Waals surface area contributed by atoms with Gasteiger partial charge in [0.1, 0.15) is 5.82 Å². The lowest BCUT2D eigenvalue weighted by Crippen LogP contribution is -2.36. The maximum Gasteiger partial charge on any atom is 0.136 e. The molecule has 3 heteroatoms. The summed E-state index contributed by atoms with van der Waals surface area (Å²) in [7, 11) is 0. The van der Waals surface area contributed by atoms with Gasteiger partial charge in [-0.2, -0.15) is 0 Å². The first-order valence-corrected chi connectivity index (χ1v) is 7.08. The maximum absolute atomic E-state index is 9.11. The van der Waals surface area contributed by atoms with E-state index in [9.17, 15) is 0 Å². The van der Waals surface area contributed by atoms with Crippen LogP contribution in [0.15, 0.2) is 36.5 Å². The topological polar surface area (TPSA) is 36.4 Å². The van der Waals surface area contributed by atoms with E-state index in [1.165, 1.54) is 23.6 Å². The fraction of sp³-hybridized carbons (Fsp3) is 0.438. The van der Waals surface area contributed by atoms with Crippen molar-refractivity contribution in [3.8, 4) is 0 Å². The molecule has 0 aliphatic carbocycles. The van der Waals surface area contributed by atoms with E-state index in [0.717, 1.165) is 25.3 Å².